The van der Waals surface area contributed by atoms with Gasteiger partial charge in [-0.15, -0.1) is 0 Å². The second-order valence-corrected chi connectivity index (χ2v) is 5.00. The highest BCUT2D eigenvalue weighted by Crippen LogP contribution is 2.21. The molecule has 2 aromatic rings. The predicted molar refractivity (Wildman–Crippen MR) is 79.1 cm³/mol. The molecule has 1 aromatic heterocycles. The molecule has 0 saturated heterocycles. The van der Waals surface area contributed by atoms with Gasteiger partial charge in [0.15, 0.2) is 6.29 Å². The summed E-state index contributed by atoms with van der Waals surface area (Å²) in [6, 6.07) is 7.51. The monoisotopic (exact) mass is 270 g/mol. The SMILES string of the molecule is Cc1cc(C)c(NC(=O)Cn2cccc2C=O)c(C)c1. The summed E-state index contributed by atoms with van der Waals surface area (Å²) in [4.78, 5) is 22.9. The highest BCUT2D eigenvalue weighted by atomic mass is 16.2. The van der Waals surface area contributed by atoms with Crippen molar-refractivity contribution in [1.82, 2.24) is 4.57 Å². The van der Waals surface area contributed by atoms with Crippen molar-refractivity contribution in [2.24, 2.45) is 0 Å². The van der Waals surface area contributed by atoms with E-state index in [1.807, 2.05) is 32.9 Å². The molecule has 0 atom stereocenters. The average molecular weight is 270 g/mol. The molecule has 0 fully saturated rings. The zero-order chi connectivity index (χ0) is 14.7. The Morgan fingerprint density at radius 3 is 2.50 bits per heavy atom. The van der Waals surface area contributed by atoms with Crippen molar-refractivity contribution < 1.29 is 9.59 Å². The average Bonchev–Trinajstić information content (AvgIpc) is 2.81. The van der Waals surface area contributed by atoms with Crippen LogP contribution in [0.3, 0.4) is 0 Å². The smallest absolute Gasteiger partial charge is 0.244 e. The Hall–Kier alpha value is -2.36. The zero-order valence-electron chi connectivity index (χ0n) is 11.9. The third-order valence-electron chi connectivity index (χ3n) is 3.24. The lowest BCUT2D eigenvalue weighted by Crippen LogP contribution is -2.20. The van der Waals surface area contributed by atoms with E-state index in [0.717, 1.165) is 23.1 Å². The van der Waals surface area contributed by atoms with Gasteiger partial charge in [-0.3, -0.25) is 9.59 Å². The van der Waals surface area contributed by atoms with E-state index in [-0.39, 0.29) is 12.5 Å². The standard InChI is InChI=1S/C16H18N2O2/c1-11-7-12(2)16(13(3)8-11)17-15(20)9-18-6-4-5-14(18)10-19/h4-8,10H,9H2,1-3H3,(H,17,20). The minimum Gasteiger partial charge on any atom is -0.336 e. The molecule has 1 N–H and O–H groups in total. The first-order valence-corrected chi connectivity index (χ1v) is 6.49. The third kappa shape index (κ3) is 2.96. The molecule has 104 valence electrons. The second-order valence-electron chi connectivity index (χ2n) is 5.00. The van der Waals surface area contributed by atoms with Gasteiger partial charge < -0.3 is 9.88 Å². The summed E-state index contributed by atoms with van der Waals surface area (Å²) in [5.41, 5.74) is 4.60. The van der Waals surface area contributed by atoms with Gasteiger partial charge in [-0.05, 0) is 44.0 Å². The lowest BCUT2D eigenvalue weighted by molar-refractivity contribution is -0.116. The molecule has 1 heterocycles. The highest BCUT2D eigenvalue weighted by Gasteiger charge is 2.10. The molecule has 0 saturated carbocycles. The van der Waals surface area contributed by atoms with E-state index < -0.39 is 0 Å². The van der Waals surface area contributed by atoms with Crippen molar-refractivity contribution in [3.63, 3.8) is 0 Å². The van der Waals surface area contributed by atoms with E-state index in [2.05, 4.69) is 5.32 Å². The molecule has 4 nitrogen and oxygen atoms in total. The first kappa shape index (κ1) is 14.1. The lowest BCUT2D eigenvalue weighted by atomic mass is 10.1. The molecule has 0 unspecified atom stereocenters. The molecule has 20 heavy (non-hydrogen) atoms. The van der Waals surface area contributed by atoms with Gasteiger partial charge in [-0.2, -0.15) is 0 Å². The van der Waals surface area contributed by atoms with Crippen LogP contribution >= 0.6 is 0 Å². The first-order chi connectivity index (χ1) is 9.51. The summed E-state index contributed by atoms with van der Waals surface area (Å²) in [5, 5.41) is 2.92. The Morgan fingerprint density at radius 2 is 1.90 bits per heavy atom. The van der Waals surface area contributed by atoms with Gasteiger partial charge in [0.25, 0.3) is 0 Å². The van der Waals surface area contributed by atoms with Gasteiger partial charge in [0.1, 0.15) is 6.54 Å². The van der Waals surface area contributed by atoms with Crippen LogP contribution in [-0.2, 0) is 11.3 Å². The van der Waals surface area contributed by atoms with Gasteiger partial charge >= 0.3 is 0 Å². The van der Waals surface area contributed by atoms with Crippen LogP contribution in [0, 0.1) is 20.8 Å². The van der Waals surface area contributed by atoms with Crippen molar-refractivity contribution in [2.45, 2.75) is 27.3 Å². The molecule has 2 rings (SSSR count). The molecule has 4 heteroatoms. The molecular weight excluding hydrogens is 252 g/mol. The summed E-state index contributed by atoms with van der Waals surface area (Å²) in [6.07, 6.45) is 2.47. The molecular formula is C16H18N2O2. The number of nitrogens with zero attached hydrogens (tertiary/aromatic N) is 1. The number of aryl methyl sites for hydroxylation is 3. The fourth-order valence-corrected chi connectivity index (χ4v) is 2.39. The summed E-state index contributed by atoms with van der Waals surface area (Å²) >= 11 is 0. The molecule has 1 amide bonds. The molecule has 0 radical (unpaired) electrons. The van der Waals surface area contributed by atoms with Crippen molar-refractivity contribution in [1.29, 1.82) is 0 Å². The minimum atomic E-state index is -0.139. The number of hydrogen-bond donors (Lipinski definition) is 1. The number of hydrogen-bond acceptors (Lipinski definition) is 2. The first-order valence-electron chi connectivity index (χ1n) is 6.49. The van der Waals surface area contributed by atoms with Crippen LogP contribution in [0.4, 0.5) is 5.69 Å². The summed E-state index contributed by atoms with van der Waals surface area (Å²) < 4.78 is 1.63. The normalized spacial score (nSPS) is 10.3. The Balaban J connectivity index is 2.15. The largest absolute Gasteiger partial charge is 0.336 e. The van der Waals surface area contributed by atoms with Crippen molar-refractivity contribution in [2.75, 3.05) is 5.32 Å². The van der Waals surface area contributed by atoms with Crippen LogP contribution in [-0.4, -0.2) is 16.8 Å². The maximum Gasteiger partial charge on any atom is 0.244 e. The number of amides is 1. The van der Waals surface area contributed by atoms with Crippen molar-refractivity contribution in [3.8, 4) is 0 Å². The Kier molecular flexibility index (Phi) is 4.03. The second kappa shape index (κ2) is 5.74. The van der Waals surface area contributed by atoms with E-state index in [4.69, 9.17) is 0 Å². The number of carbonyl (C=O) groups is 2. The molecule has 0 spiro atoms. The topological polar surface area (TPSA) is 51.1 Å². The fourth-order valence-electron chi connectivity index (χ4n) is 2.39. The van der Waals surface area contributed by atoms with E-state index in [1.165, 1.54) is 5.56 Å². The highest BCUT2D eigenvalue weighted by molar-refractivity contribution is 5.92. The number of aromatic nitrogens is 1. The predicted octanol–water partition coefficient (Wildman–Crippen LogP) is 2.86. The lowest BCUT2D eigenvalue weighted by Gasteiger charge is -2.13. The van der Waals surface area contributed by atoms with Gasteiger partial charge in [0.2, 0.25) is 5.91 Å². The number of carbonyl (C=O) groups excluding carboxylic acids is 2. The van der Waals surface area contributed by atoms with Crippen molar-refractivity contribution >= 4 is 17.9 Å². The molecule has 0 bridgehead atoms. The molecule has 1 aromatic carbocycles. The van der Waals surface area contributed by atoms with Gasteiger partial charge in [0.05, 0.1) is 5.69 Å². The zero-order valence-corrected chi connectivity index (χ0v) is 11.9. The van der Waals surface area contributed by atoms with Gasteiger partial charge in [-0.1, -0.05) is 17.7 Å². The van der Waals surface area contributed by atoms with Crippen LogP contribution in [0.2, 0.25) is 0 Å². The number of anilines is 1. The van der Waals surface area contributed by atoms with E-state index >= 15 is 0 Å². The Bertz CT molecular complexity index is 633. The summed E-state index contributed by atoms with van der Waals surface area (Å²) in [5.74, 6) is -0.139. The minimum absolute atomic E-state index is 0.133. The quantitative estimate of drug-likeness (QED) is 0.868. The molecule has 0 aliphatic heterocycles. The van der Waals surface area contributed by atoms with E-state index in [9.17, 15) is 9.59 Å². The van der Waals surface area contributed by atoms with Crippen LogP contribution in [0.1, 0.15) is 27.2 Å². The number of aldehydes is 1. The number of benzene rings is 1. The van der Waals surface area contributed by atoms with Crippen molar-refractivity contribution in [3.05, 3.63) is 52.8 Å². The number of nitrogens with one attached hydrogen (secondary N) is 1. The van der Waals surface area contributed by atoms with E-state index in [1.54, 1.807) is 22.9 Å². The number of rotatable bonds is 4. The van der Waals surface area contributed by atoms with Gasteiger partial charge in [0, 0.05) is 11.9 Å². The van der Waals surface area contributed by atoms with Crippen LogP contribution in [0.25, 0.3) is 0 Å². The maximum atomic E-state index is 12.1. The molecule has 0 aliphatic carbocycles. The molecule has 0 aliphatic rings. The van der Waals surface area contributed by atoms with E-state index in [0.29, 0.717) is 5.69 Å². The van der Waals surface area contributed by atoms with Gasteiger partial charge in [-0.25, -0.2) is 0 Å². The van der Waals surface area contributed by atoms with Crippen LogP contribution in [0.5, 0.6) is 0 Å². The maximum absolute atomic E-state index is 12.1. The Labute approximate surface area is 118 Å². The third-order valence-corrected chi connectivity index (χ3v) is 3.24. The van der Waals surface area contributed by atoms with Crippen LogP contribution < -0.4 is 5.32 Å². The summed E-state index contributed by atoms with van der Waals surface area (Å²) in [6.45, 7) is 6.11. The van der Waals surface area contributed by atoms with Crippen LogP contribution in [0.15, 0.2) is 30.5 Å². The fraction of sp³-hybridized carbons (Fsp3) is 0.250. The Morgan fingerprint density at radius 1 is 1.25 bits per heavy atom. The summed E-state index contributed by atoms with van der Waals surface area (Å²) in [7, 11) is 0.